The zero-order chi connectivity index (χ0) is 10.5. The van der Waals surface area contributed by atoms with Gasteiger partial charge >= 0.3 is 0 Å². The molecule has 0 radical (unpaired) electrons. The maximum absolute atomic E-state index is 5.37. The third-order valence-electron chi connectivity index (χ3n) is 2.58. The minimum atomic E-state index is 0.551. The van der Waals surface area contributed by atoms with Crippen LogP contribution in [0.25, 0.3) is 0 Å². The van der Waals surface area contributed by atoms with E-state index in [1.165, 1.54) is 16.3 Å². The number of thiazole rings is 1. The van der Waals surface area contributed by atoms with Crippen molar-refractivity contribution in [2.45, 2.75) is 32.2 Å². The number of ether oxygens (including phenoxy) is 1. The average Bonchev–Trinajstić information content (AvgIpc) is 2.87. The summed E-state index contributed by atoms with van der Waals surface area (Å²) in [4.78, 5) is 5.81. The maximum atomic E-state index is 5.37. The van der Waals surface area contributed by atoms with Crippen molar-refractivity contribution in [1.82, 2.24) is 10.3 Å². The lowest BCUT2D eigenvalue weighted by molar-refractivity contribution is 0.194. The lowest BCUT2D eigenvalue weighted by atomic mass is 10.1. The van der Waals surface area contributed by atoms with Crippen LogP contribution in [0.3, 0.4) is 0 Å². The molecular formula is C11H18N2OS. The van der Waals surface area contributed by atoms with Gasteiger partial charge in [0, 0.05) is 30.1 Å². The van der Waals surface area contributed by atoms with Crippen molar-refractivity contribution in [3.8, 4) is 0 Å². The summed E-state index contributed by atoms with van der Waals surface area (Å²) < 4.78 is 5.37. The Labute approximate surface area is 94.9 Å². The molecule has 1 saturated heterocycles. The summed E-state index contributed by atoms with van der Waals surface area (Å²) >= 11 is 1.83. The van der Waals surface area contributed by atoms with Gasteiger partial charge in [-0.25, -0.2) is 4.98 Å². The molecular weight excluding hydrogens is 208 g/mol. The zero-order valence-corrected chi connectivity index (χ0v) is 9.98. The fourth-order valence-electron chi connectivity index (χ4n) is 1.71. The van der Waals surface area contributed by atoms with Crippen LogP contribution in [0.15, 0.2) is 6.20 Å². The van der Waals surface area contributed by atoms with Gasteiger partial charge in [0.2, 0.25) is 0 Å². The molecule has 1 aromatic rings. The van der Waals surface area contributed by atoms with E-state index in [4.69, 9.17) is 4.74 Å². The predicted octanol–water partition coefficient (Wildman–Crippen LogP) is 2.15. The van der Waals surface area contributed by atoms with E-state index in [0.717, 1.165) is 32.7 Å². The zero-order valence-electron chi connectivity index (χ0n) is 9.16. The Kier molecular flexibility index (Phi) is 4.11. The maximum Gasteiger partial charge on any atom is 0.0982 e. The van der Waals surface area contributed by atoms with E-state index >= 15 is 0 Å². The largest absolute Gasteiger partial charge is 0.381 e. The number of nitrogens with zero attached hydrogens (tertiary/aromatic N) is 1. The molecule has 0 amide bonds. The highest BCUT2D eigenvalue weighted by Crippen LogP contribution is 2.28. The highest BCUT2D eigenvalue weighted by molar-refractivity contribution is 7.11. The van der Waals surface area contributed by atoms with Gasteiger partial charge in [-0.2, -0.15) is 0 Å². The molecule has 1 unspecified atom stereocenters. The smallest absolute Gasteiger partial charge is 0.0982 e. The molecule has 1 aliphatic rings. The molecule has 0 saturated carbocycles. The van der Waals surface area contributed by atoms with E-state index < -0.39 is 0 Å². The predicted molar refractivity (Wildman–Crippen MR) is 62.3 cm³/mol. The van der Waals surface area contributed by atoms with E-state index in [0.29, 0.717) is 5.92 Å². The SMILES string of the molecule is CCCNCc1cnc(C2CCOC2)s1. The summed E-state index contributed by atoms with van der Waals surface area (Å²) in [5.74, 6) is 0.551. The van der Waals surface area contributed by atoms with Crippen molar-refractivity contribution >= 4 is 11.3 Å². The number of rotatable bonds is 5. The van der Waals surface area contributed by atoms with E-state index in [1.54, 1.807) is 0 Å². The van der Waals surface area contributed by atoms with Crippen LogP contribution >= 0.6 is 11.3 Å². The fourth-order valence-corrected chi connectivity index (χ4v) is 2.72. The summed E-state index contributed by atoms with van der Waals surface area (Å²) in [7, 11) is 0. The first-order chi connectivity index (χ1) is 7.40. The van der Waals surface area contributed by atoms with E-state index in [-0.39, 0.29) is 0 Å². The number of aromatic nitrogens is 1. The normalized spacial score (nSPS) is 21.0. The van der Waals surface area contributed by atoms with Crippen LogP contribution in [0.5, 0.6) is 0 Å². The van der Waals surface area contributed by atoms with Crippen molar-refractivity contribution in [2.24, 2.45) is 0 Å². The van der Waals surface area contributed by atoms with Crippen LogP contribution in [0.1, 0.15) is 35.6 Å². The summed E-state index contributed by atoms with van der Waals surface area (Å²) in [6.07, 6.45) is 4.32. The van der Waals surface area contributed by atoms with Gasteiger partial charge in [0.1, 0.15) is 0 Å². The summed E-state index contributed by atoms with van der Waals surface area (Å²) in [5.41, 5.74) is 0. The molecule has 1 fully saturated rings. The van der Waals surface area contributed by atoms with Crippen LogP contribution in [0.2, 0.25) is 0 Å². The Balaban J connectivity index is 1.86. The van der Waals surface area contributed by atoms with Crippen LogP contribution in [0, 0.1) is 0 Å². The lowest BCUT2D eigenvalue weighted by Gasteiger charge is -2.01. The Morgan fingerprint density at radius 2 is 2.60 bits per heavy atom. The molecule has 2 heterocycles. The molecule has 3 nitrogen and oxygen atoms in total. The minimum Gasteiger partial charge on any atom is -0.381 e. The van der Waals surface area contributed by atoms with Crippen molar-refractivity contribution in [3.63, 3.8) is 0 Å². The van der Waals surface area contributed by atoms with E-state index in [9.17, 15) is 0 Å². The fraction of sp³-hybridized carbons (Fsp3) is 0.727. The molecule has 4 heteroatoms. The quantitative estimate of drug-likeness (QED) is 0.781. The molecule has 1 atom stereocenters. The van der Waals surface area contributed by atoms with Gasteiger partial charge < -0.3 is 10.1 Å². The molecule has 15 heavy (non-hydrogen) atoms. The Morgan fingerprint density at radius 1 is 1.67 bits per heavy atom. The molecule has 2 rings (SSSR count). The molecule has 84 valence electrons. The third-order valence-corrected chi connectivity index (χ3v) is 3.74. The lowest BCUT2D eigenvalue weighted by Crippen LogP contribution is -2.12. The first kappa shape index (κ1) is 11.0. The van der Waals surface area contributed by atoms with Gasteiger partial charge in [0.25, 0.3) is 0 Å². The second-order valence-electron chi connectivity index (χ2n) is 3.90. The van der Waals surface area contributed by atoms with Gasteiger partial charge in [-0.05, 0) is 19.4 Å². The molecule has 1 N–H and O–H groups in total. The monoisotopic (exact) mass is 226 g/mol. The highest BCUT2D eigenvalue weighted by Gasteiger charge is 2.20. The molecule has 0 aliphatic carbocycles. The van der Waals surface area contributed by atoms with Gasteiger partial charge in [0.15, 0.2) is 0 Å². The van der Waals surface area contributed by atoms with Gasteiger partial charge in [0.05, 0.1) is 11.6 Å². The average molecular weight is 226 g/mol. The molecule has 0 bridgehead atoms. The summed E-state index contributed by atoms with van der Waals surface area (Å²) in [6.45, 7) is 5.98. The standard InChI is InChI=1S/C11H18N2OS/c1-2-4-12-6-10-7-13-11(15-10)9-3-5-14-8-9/h7,9,12H,2-6,8H2,1H3. The third kappa shape index (κ3) is 3.00. The molecule has 1 aliphatic heterocycles. The Bertz CT molecular complexity index is 295. The van der Waals surface area contributed by atoms with Crippen molar-refractivity contribution in [2.75, 3.05) is 19.8 Å². The molecule has 0 aromatic carbocycles. The van der Waals surface area contributed by atoms with Crippen molar-refractivity contribution in [1.29, 1.82) is 0 Å². The second-order valence-corrected chi connectivity index (χ2v) is 5.05. The van der Waals surface area contributed by atoms with Crippen molar-refractivity contribution < 1.29 is 4.74 Å². The topological polar surface area (TPSA) is 34.2 Å². The molecule has 0 spiro atoms. The van der Waals surface area contributed by atoms with Crippen LogP contribution in [-0.4, -0.2) is 24.7 Å². The first-order valence-electron chi connectivity index (χ1n) is 5.63. The highest BCUT2D eigenvalue weighted by atomic mass is 32.1. The van der Waals surface area contributed by atoms with E-state index in [2.05, 4.69) is 17.2 Å². The van der Waals surface area contributed by atoms with Crippen LogP contribution in [0.4, 0.5) is 0 Å². The summed E-state index contributed by atoms with van der Waals surface area (Å²) in [6, 6.07) is 0. The van der Waals surface area contributed by atoms with Gasteiger partial charge in [-0.1, -0.05) is 6.92 Å². The van der Waals surface area contributed by atoms with Crippen LogP contribution < -0.4 is 5.32 Å². The Morgan fingerprint density at radius 3 is 3.33 bits per heavy atom. The second kappa shape index (κ2) is 5.58. The first-order valence-corrected chi connectivity index (χ1v) is 6.45. The summed E-state index contributed by atoms with van der Waals surface area (Å²) in [5, 5.41) is 4.65. The number of nitrogens with one attached hydrogen (secondary N) is 1. The van der Waals surface area contributed by atoms with E-state index in [1.807, 2.05) is 17.5 Å². The van der Waals surface area contributed by atoms with Crippen LogP contribution in [-0.2, 0) is 11.3 Å². The minimum absolute atomic E-state index is 0.551. The van der Waals surface area contributed by atoms with Crippen molar-refractivity contribution in [3.05, 3.63) is 16.1 Å². The van der Waals surface area contributed by atoms with Gasteiger partial charge in [-0.15, -0.1) is 11.3 Å². The van der Waals surface area contributed by atoms with Gasteiger partial charge in [-0.3, -0.25) is 0 Å². The number of hydrogen-bond acceptors (Lipinski definition) is 4. The molecule has 1 aromatic heterocycles. The number of hydrogen-bond donors (Lipinski definition) is 1. The Hall–Kier alpha value is -0.450.